The summed E-state index contributed by atoms with van der Waals surface area (Å²) in [4.78, 5) is 9.39. The minimum Gasteiger partial charge on any atom is -0.333 e. The molecule has 1 radical (unpaired) electrons. The Morgan fingerprint density at radius 1 is 0.687 bits per heavy atom. The first kappa shape index (κ1) is 44.0. The van der Waals surface area contributed by atoms with Crippen molar-refractivity contribution >= 4 is 43.4 Å². The Bertz CT molecular complexity index is 3540. The zero-order valence-corrected chi connectivity index (χ0v) is 40.9. The third-order valence-corrected chi connectivity index (χ3v) is 11.8. The molecule has 8 aromatic carbocycles. The molecule has 0 spiro atoms. The van der Waals surface area contributed by atoms with Crippen LogP contribution in [0.5, 0.6) is 0 Å². The van der Waals surface area contributed by atoms with E-state index in [-0.39, 0.29) is 37.5 Å². The van der Waals surface area contributed by atoms with Crippen molar-refractivity contribution in [2.24, 2.45) is 5.41 Å². The molecule has 10 rings (SSSR count). The number of nitrogens with zero attached hydrogens (tertiary/aromatic N) is 4. The number of nitriles is 1. The number of benzene rings is 8. The molecule has 0 bridgehead atoms. The molecule has 0 aliphatic heterocycles. The van der Waals surface area contributed by atoms with Crippen LogP contribution in [0.25, 0.3) is 82.8 Å². The normalized spacial score (nSPS) is 12.2. The molecule has 0 saturated heterocycles. The Morgan fingerprint density at radius 3 is 1.97 bits per heavy atom. The Morgan fingerprint density at radius 2 is 1.33 bits per heavy atom. The molecule has 2 aromatic heterocycles. The van der Waals surface area contributed by atoms with Gasteiger partial charge in [-0.1, -0.05) is 161 Å². The van der Waals surface area contributed by atoms with E-state index < -0.39 is 23.4 Å². The van der Waals surface area contributed by atoms with Gasteiger partial charge in [0, 0.05) is 46.4 Å². The van der Waals surface area contributed by atoms with Gasteiger partial charge >= 0.3 is 0 Å². The minimum atomic E-state index is -1.57. The molecule has 0 saturated carbocycles. The maximum absolute atomic E-state index is 13.7. The number of rotatable bonds is 7. The summed E-state index contributed by atoms with van der Waals surface area (Å²) in [7, 11) is 0. The molecule has 0 fully saturated rings. The Balaban J connectivity index is 0.000000246. The van der Waals surface area contributed by atoms with Gasteiger partial charge in [-0.05, 0) is 110 Å². The predicted molar refractivity (Wildman–Crippen MR) is 268 cm³/mol. The van der Waals surface area contributed by atoms with Gasteiger partial charge in [0.05, 0.1) is 28.5 Å². The minimum absolute atomic E-state index is 0. The van der Waals surface area contributed by atoms with Crippen LogP contribution in [-0.4, -0.2) is 14.5 Å². The van der Waals surface area contributed by atoms with Gasteiger partial charge in [-0.15, -0.1) is 35.9 Å². The molecule has 0 aliphatic carbocycles. The second-order valence-corrected chi connectivity index (χ2v) is 18.4. The van der Waals surface area contributed by atoms with E-state index in [1.165, 1.54) is 40.2 Å². The van der Waals surface area contributed by atoms with Gasteiger partial charge in [0.1, 0.15) is 0 Å². The van der Waals surface area contributed by atoms with Crippen LogP contribution in [0.3, 0.4) is 0 Å². The van der Waals surface area contributed by atoms with Crippen molar-refractivity contribution in [3.8, 4) is 45.5 Å². The summed E-state index contributed by atoms with van der Waals surface area (Å²) in [5.41, 5.74) is 10.1. The summed E-state index contributed by atoms with van der Waals surface area (Å²) in [5, 5.41) is 16.5. The fourth-order valence-electron chi connectivity index (χ4n) is 8.83. The topological polar surface area (TPSA) is 54.5 Å². The summed E-state index contributed by atoms with van der Waals surface area (Å²) in [5.74, 6) is 0.00104. The molecule has 67 heavy (non-hydrogen) atoms. The summed E-state index contributed by atoms with van der Waals surface area (Å²) >= 11 is 0. The molecule has 7 heteroatoms. The Labute approximate surface area is 408 Å². The second kappa shape index (κ2) is 19.2. The van der Waals surface area contributed by atoms with E-state index in [1.807, 2.05) is 12.1 Å². The fraction of sp³-hybridized carbons (Fsp3) is 0.183. The number of halogens is 2. The van der Waals surface area contributed by atoms with Crippen molar-refractivity contribution in [3.05, 3.63) is 198 Å². The number of para-hydroxylation sites is 2. The molecule has 335 valence electrons. The monoisotopic (exact) mass is 1060 g/mol. The average molecular weight is 1060 g/mol. The number of pyridine rings is 1. The zero-order chi connectivity index (χ0) is 48.1. The predicted octanol–water partition coefficient (Wildman–Crippen LogP) is 16.2. The van der Waals surface area contributed by atoms with E-state index >= 15 is 0 Å². The van der Waals surface area contributed by atoms with Crippen LogP contribution >= 0.6 is 0 Å². The van der Waals surface area contributed by atoms with Gasteiger partial charge in [0.25, 0.3) is 0 Å². The summed E-state index contributed by atoms with van der Waals surface area (Å²) < 4.78 is 45.2. The first-order valence-electron chi connectivity index (χ1n) is 23.3. The molecule has 0 amide bonds. The van der Waals surface area contributed by atoms with Crippen molar-refractivity contribution in [2.45, 2.75) is 66.7 Å². The largest absolute Gasteiger partial charge is 0.333 e. The third kappa shape index (κ3) is 9.43. The van der Waals surface area contributed by atoms with E-state index in [0.29, 0.717) is 16.8 Å². The number of imidazole rings is 1. The molecular formula is C60H50F2IrN4-2. The molecule has 0 aliphatic rings. The van der Waals surface area contributed by atoms with Gasteiger partial charge in [-0.2, -0.15) is 5.26 Å². The number of hydrogen-bond acceptors (Lipinski definition) is 3. The van der Waals surface area contributed by atoms with E-state index in [1.54, 1.807) is 26.8 Å². The Hall–Kier alpha value is -6.84. The maximum Gasteiger partial charge on any atom is 0.0991 e. The first-order chi connectivity index (χ1) is 32.5. The van der Waals surface area contributed by atoms with Gasteiger partial charge < -0.3 is 9.55 Å². The fourth-order valence-corrected chi connectivity index (χ4v) is 8.83. The smallest absolute Gasteiger partial charge is 0.0991 e. The van der Waals surface area contributed by atoms with Crippen LogP contribution in [-0.2, 0) is 26.5 Å². The van der Waals surface area contributed by atoms with E-state index in [0.717, 1.165) is 66.9 Å². The maximum atomic E-state index is 13.7. The van der Waals surface area contributed by atoms with Gasteiger partial charge in [-0.25, -0.2) is 0 Å². The van der Waals surface area contributed by atoms with Crippen molar-refractivity contribution in [2.75, 3.05) is 0 Å². The van der Waals surface area contributed by atoms with Crippen LogP contribution in [0.15, 0.2) is 152 Å². The SMILES string of the molecule is CC(C)c1cc(-c2ccccc2)cc(C(C)C)c1-n1c(-c2[c-]cc3c4ccccc4c4cc(C#N)ccc4c3c2)nc2ccccc21.[2H]C([2H])(c1ccc(-c2[c-]cc(F)cc2F)nc1)C(C)(C)C.[Ir]. The van der Waals surface area contributed by atoms with Crippen LogP contribution in [0.2, 0.25) is 0 Å². The number of aromatic nitrogens is 3. The number of fused-ring (bicyclic) bond motifs is 7. The molecule has 0 unspecified atom stereocenters. The summed E-state index contributed by atoms with van der Waals surface area (Å²) in [6.45, 7) is 14.5. The standard InChI is InChI=1S/C44H34N3.C16H16F2N.Ir/c1-27(2)37-24-32(30-12-6-5-7-13-30)25-38(28(3)4)43(37)47-42-17-11-10-16-41(42)46-44(47)31-19-21-35-33-14-8-9-15-34(33)39-22-29(26-45)18-20-36(39)40(35)23-31;1-16(2,3)9-11-4-7-15(19-10-11)13-6-5-12(17)8-14(13)18;/h5-18,20-25,27-28H,1-4H3;4-5,7-8,10H,9H2,1-3H3;/q2*-1;/i;9D2;. The van der Waals surface area contributed by atoms with Gasteiger partial charge in [0.15, 0.2) is 0 Å². The van der Waals surface area contributed by atoms with E-state index in [2.05, 4.69) is 165 Å². The summed E-state index contributed by atoms with van der Waals surface area (Å²) in [6.07, 6.45) is -0.180. The van der Waals surface area contributed by atoms with E-state index in [4.69, 9.17) is 7.73 Å². The van der Waals surface area contributed by atoms with Crippen molar-refractivity contribution in [1.82, 2.24) is 14.5 Å². The van der Waals surface area contributed by atoms with Crippen molar-refractivity contribution in [3.63, 3.8) is 0 Å². The number of hydrogen-bond donors (Lipinski definition) is 0. The zero-order valence-electron chi connectivity index (χ0n) is 40.5. The third-order valence-electron chi connectivity index (χ3n) is 11.8. The molecular weight excluding hydrogens is 1010 g/mol. The average Bonchev–Trinajstić information content (AvgIpc) is 3.73. The molecule has 0 N–H and O–H groups in total. The van der Waals surface area contributed by atoms with Gasteiger partial charge in [-0.3, -0.25) is 13.8 Å². The molecule has 4 nitrogen and oxygen atoms in total. The quantitative estimate of drug-likeness (QED) is 0.118. The van der Waals surface area contributed by atoms with Crippen LogP contribution in [0.1, 0.15) is 85.3 Å². The molecule has 10 aromatic rings. The van der Waals surface area contributed by atoms with Crippen molar-refractivity contribution in [1.29, 1.82) is 5.26 Å². The second-order valence-electron chi connectivity index (χ2n) is 18.4. The molecule has 2 heterocycles. The van der Waals surface area contributed by atoms with Gasteiger partial charge in [0.2, 0.25) is 0 Å². The summed E-state index contributed by atoms with van der Waals surface area (Å²) in [6, 6.07) is 56.1. The molecule has 0 atom stereocenters. The van der Waals surface area contributed by atoms with Crippen LogP contribution in [0, 0.1) is 40.5 Å². The van der Waals surface area contributed by atoms with Crippen molar-refractivity contribution < 1.29 is 31.6 Å². The Kier molecular flexibility index (Phi) is 12.6. The van der Waals surface area contributed by atoms with E-state index in [9.17, 15) is 14.0 Å². The van der Waals surface area contributed by atoms with Crippen LogP contribution < -0.4 is 0 Å². The first-order valence-corrected chi connectivity index (χ1v) is 22.3. The van der Waals surface area contributed by atoms with Crippen LogP contribution in [0.4, 0.5) is 8.78 Å².